The van der Waals surface area contributed by atoms with Crippen LogP contribution in [0.15, 0.2) is 182 Å². The van der Waals surface area contributed by atoms with Crippen molar-refractivity contribution in [3.8, 4) is 34.3 Å². The average Bonchev–Trinajstić information content (AvgIpc) is 3.86. The standard InChI is InChI=1S/C49H30N4/c50-31-34-13-12-24-47(49(34)53-44-22-10-5-16-36(44)37-17-6-11-23-45(37)53)52-43-21-9-7-19-39(43)41-29-32(26-28-46(41)52)33-25-27-40-38-18-4-8-20-42(38)51(48(40)30-33)35-14-2-1-3-15-35/h1-30H. The summed E-state index contributed by atoms with van der Waals surface area (Å²) in [4.78, 5) is 0. The molecule has 8 aromatic carbocycles. The third-order valence-corrected chi connectivity index (χ3v) is 10.9. The molecule has 0 aliphatic rings. The Morgan fingerprint density at radius 2 is 0.830 bits per heavy atom. The maximum Gasteiger partial charge on any atom is 0.101 e. The zero-order valence-corrected chi connectivity index (χ0v) is 28.6. The molecule has 0 amide bonds. The lowest BCUT2D eigenvalue weighted by molar-refractivity contribution is 1.09. The van der Waals surface area contributed by atoms with Crippen molar-refractivity contribution in [3.05, 3.63) is 188 Å². The Morgan fingerprint density at radius 3 is 1.47 bits per heavy atom. The van der Waals surface area contributed by atoms with Gasteiger partial charge in [0.25, 0.3) is 0 Å². The van der Waals surface area contributed by atoms with Gasteiger partial charge in [0.05, 0.1) is 50.0 Å². The van der Waals surface area contributed by atoms with Gasteiger partial charge in [-0.2, -0.15) is 5.26 Å². The molecule has 11 rings (SSSR count). The monoisotopic (exact) mass is 674 g/mol. The summed E-state index contributed by atoms with van der Waals surface area (Å²) in [5.41, 5.74) is 12.6. The smallest absolute Gasteiger partial charge is 0.101 e. The molecule has 0 atom stereocenters. The molecule has 0 saturated heterocycles. The van der Waals surface area contributed by atoms with Gasteiger partial charge in [-0.15, -0.1) is 0 Å². The third-order valence-electron chi connectivity index (χ3n) is 10.9. The minimum atomic E-state index is 0.624. The summed E-state index contributed by atoms with van der Waals surface area (Å²) < 4.78 is 6.98. The first-order valence-electron chi connectivity index (χ1n) is 17.9. The molecule has 0 unspecified atom stereocenters. The molecule has 4 nitrogen and oxygen atoms in total. The second-order valence-electron chi connectivity index (χ2n) is 13.7. The van der Waals surface area contributed by atoms with Crippen LogP contribution in [0.5, 0.6) is 0 Å². The molecule has 3 heterocycles. The first-order valence-corrected chi connectivity index (χ1v) is 17.9. The van der Waals surface area contributed by atoms with Gasteiger partial charge in [0.15, 0.2) is 0 Å². The summed E-state index contributed by atoms with van der Waals surface area (Å²) in [6.07, 6.45) is 0. The minimum Gasteiger partial charge on any atom is -0.309 e. The molecular formula is C49H30N4. The Morgan fingerprint density at radius 1 is 0.340 bits per heavy atom. The van der Waals surface area contributed by atoms with E-state index in [1.165, 1.54) is 27.2 Å². The molecule has 0 N–H and O–H groups in total. The van der Waals surface area contributed by atoms with E-state index < -0.39 is 0 Å². The molecular weight excluding hydrogens is 645 g/mol. The Kier molecular flexibility index (Phi) is 6.28. The van der Waals surface area contributed by atoms with Crippen molar-refractivity contribution in [2.75, 3.05) is 0 Å². The lowest BCUT2D eigenvalue weighted by atomic mass is 10.0. The van der Waals surface area contributed by atoms with Gasteiger partial charge in [-0.3, -0.25) is 0 Å². The molecule has 246 valence electrons. The Hall–Kier alpha value is -7.35. The fourth-order valence-electron chi connectivity index (χ4n) is 8.62. The van der Waals surface area contributed by atoms with E-state index in [0.717, 1.165) is 66.4 Å². The Labute approximate surface area is 305 Å². The normalized spacial score (nSPS) is 11.8. The van der Waals surface area contributed by atoms with Crippen LogP contribution in [0.1, 0.15) is 5.56 Å². The first-order chi connectivity index (χ1) is 26.3. The van der Waals surface area contributed by atoms with Gasteiger partial charge in [0.2, 0.25) is 0 Å². The van der Waals surface area contributed by atoms with Crippen LogP contribution >= 0.6 is 0 Å². The quantitative estimate of drug-likeness (QED) is 0.183. The highest BCUT2D eigenvalue weighted by Gasteiger charge is 2.22. The molecule has 0 bridgehead atoms. The van der Waals surface area contributed by atoms with Gasteiger partial charge in [-0.25, -0.2) is 0 Å². The van der Waals surface area contributed by atoms with E-state index >= 15 is 0 Å². The lowest BCUT2D eigenvalue weighted by Crippen LogP contribution is -2.05. The van der Waals surface area contributed by atoms with Crippen molar-refractivity contribution in [2.45, 2.75) is 0 Å². The highest BCUT2D eigenvalue weighted by Crippen LogP contribution is 2.41. The molecule has 0 aliphatic heterocycles. The predicted molar refractivity (Wildman–Crippen MR) is 220 cm³/mol. The second-order valence-corrected chi connectivity index (χ2v) is 13.7. The summed E-state index contributed by atoms with van der Waals surface area (Å²) >= 11 is 0. The molecule has 53 heavy (non-hydrogen) atoms. The number of nitrogens with zero attached hydrogens (tertiary/aromatic N) is 4. The molecule has 0 aliphatic carbocycles. The fraction of sp³-hybridized carbons (Fsp3) is 0. The molecule has 0 radical (unpaired) electrons. The van der Waals surface area contributed by atoms with Crippen LogP contribution in [0, 0.1) is 11.3 Å². The van der Waals surface area contributed by atoms with E-state index in [2.05, 4.69) is 190 Å². The van der Waals surface area contributed by atoms with Crippen LogP contribution in [0.25, 0.3) is 93.6 Å². The van der Waals surface area contributed by atoms with Gasteiger partial charge in [-0.05, 0) is 77.9 Å². The van der Waals surface area contributed by atoms with Crippen LogP contribution < -0.4 is 0 Å². The average molecular weight is 675 g/mol. The van der Waals surface area contributed by atoms with Crippen molar-refractivity contribution < 1.29 is 0 Å². The van der Waals surface area contributed by atoms with E-state index in [9.17, 15) is 5.26 Å². The number of para-hydroxylation sites is 6. The van der Waals surface area contributed by atoms with E-state index in [0.29, 0.717) is 5.56 Å². The maximum atomic E-state index is 10.6. The van der Waals surface area contributed by atoms with Crippen molar-refractivity contribution in [1.29, 1.82) is 5.26 Å². The lowest BCUT2D eigenvalue weighted by Gasteiger charge is -2.18. The van der Waals surface area contributed by atoms with Crippen molar-refractivity contribution in [2.24, 2.45) is 0 Å². The molecule has 0 spiro atoms. The summed E-state index contributed by atoms with van der Waals surface area (Å²) in [5.74, 6) is 0. The van der Waals surface area contributed by atoms with E-state index in [1.807, 2.05) is 12.1 Å². The zero-order chi connectivity index (χ0) is 35.0. The largest absolute Gasteiger partial charge is 0.309 e. The van der Waals surface area contributed by atoms with Gasteiger partial charge >= 0.3 is 0 Å². The minimum absolute atomic E-state index is 0.624. The van der Waals surface area contributed by atoms with Crippen LogP contribution in [0.4, 0.5) is 0 Å². The third kappa shape index (κ3) is 4.22. The topological polar surface area (TPSA) is 38.6 Å². The second kappa shape index (κ2) is 11.3. The zero-order valence-electron chi connectivity index (χ0n) is 28.6. The summed E-state index contributed by atoms with van der Waals surface area (Å²) in [7, 11) is 0. The van der Waals surface area contributed by atoms with Gasteiger partial charge < -0.3 is 13.7 Å². The molecule has 0 fully saturated rings. The van der Waals surface area contributed by atoms with Crippen molar-refractivity contribution >= 4 is 65.4 Å². The highest BCUT2D eigenvalue weighted by molar-refractivity contribution is 6.13. The van der Waals surface area contributed by atoms with Crippen LogP contribution in [0.3, 0.4) is 0 Å². The fourth-order valence-corrected chi connectivity index (χ4v) is 8.62. The number of hydrogen-bond donors (Lipinski definition) is 0. The van der Waals surface area contributed by atoms with Crippen molar-refractivity contribution in [3.63, 3.8) is 0 Å². The number of fused-ring (bicyclic) bond motifs is 9. The highest BCUT2D eigenvalue weighted by atomic mass is 15.1. The molecule has 4 heteroatoms. The number of nitriles is 1. The Balaban J connectivity index is 1.17. The predicted octanol–water partition coefficient (Wildman–Crippen LogP) is 12.5. The van der Waals surface area contributed by atoms with E-state index in [-0.39, 0.29) is 0 Å². The van der Waals surface area contributed by atoms with Crippen LogP contribution in [-0.2, 0) is 0 Å². The Bertz CT molecular complexity index is 3240. The van der Waals surface area contributed by atoms with E-state index in [4.69, 9.17) is 0 Å². The number of hydrogen-bond acceptors (Lipinski definition) is 1. The van der Waals surface area contributed by atoms with Crippen molar-refractivity contribution in [1.82, 2.24) is 13.7 Å². The maximum absolute atomic E-state index is 10.6. The number of benzene rings is 8. The van der Waals surface area contributed by atoms with Gasteiger partial charge in [-0.1, -0.05) is 115 Å². The first kappa shape index (κ1) is 29.4. The SMILES string of the molecule is N#Cc1cccc(-n2c3ccccc3c3cc(-c4ccc5c6ccccc6n(-c6ccccc6)c5c4)ccc32)c1-n1c2ccccc2c2ccccc21. The van der Waals surface area contributed by atoms with Gasteiger partial charge in [0.1, 0.15) is 6.07 Å². The van der Waals surface area contributed by atoms with Gasteiger partial charge in [0, 0.05) is 38.0 Å². The summed E-state index contributed by atoms with van der Waals surface area (Å²) in [5, 5.41) is 17.8. The van der Waals surface area contributed by atoms with Crippen LogP contribution in [0.2, 0.25) is 0 Å². The molecule has 11 aromatic rings. The van der Waals surface area contributed by atoms with E-state index in [1.54, 1.807) is 0 Å². The number of aromatic nitrogens is 3. The molecule has 3 aromatic heterocycles. The number of rotatable bonds is 4. The summed E-state index contributed by atoms with van der Waals surface area (Å²) in [6.45, 7) is 0. The van der Waals surface area contributed by atoms with Crippen LogP contribution in [-0.4, -0.2) is 13.7 Å². The molecule has 0 saturated carbocycles. The summed E-state index contributed by atoms with van der Waals surface area (Å²) in [6, 6.07) is 67.1.